The van der Waals surface area contributed by atoms with Gasteiger partial charge in [0.2, 0.25) is 0 Å². The van der Waals surface area contributed by atoms with E-state index in [9.17, 15) is 4.39 Å². The minimum Gasteiger partial charge on any atom is -0.369 e. The fraction of sp³-hybridized carbons (Fsp3) is 0.571. The lowest BCUT2D eigenvalue weighted by Gasteiger charge is -2.27. The third-order valence-corrected chi connectivity index (χ3v) is 3.44. The van der Waals surface area contributed by atoms with Crippen molar-refractivity contribution in [3.63, 3.8) is 0 Å². The molecule has 0 aromatic heterocycles. The fourth-order valence-corrected chi connectivity index (χ4v) is 2.31. The minimum absolute atomic E-state index is 0.132. The molecule has 0 spiro atoms. The molecule has 1 aromatic rings. The molecule has 0 radical (unpaired) electrons. The summed E-state index contributed by atoms with van der Waals surface area (Å²) in [4.78, 5) is 2.35. The number of anilines is 1. The second-order valence-electron chi connectivity index (χ2n) is 4.97. The first kappa shape index (κ1) is 12.4. The predicted molar refractivity (Wildman–Crippen MR) is 69.8 cm³/mol. The van der Waals surface area contributed by atoms with Crippen molar-refractivity contribution >= 4 is 5.69 Å². The van der Waals surface area contributed by atoms with Gasteiger partial charge in [-0.2, -0.15) is 0 Å². The number of aryl methyl sites for hydroxylation is 1. The average Bonchev–Trinajstić information content (AvgIpc) is 3.07. The Labute approximate surface area is 103 Å². The van der Waals surface area contributed by atoms with Gasteiger partial charge in [-0.25, -0.2) is 4.39 Å². The van der Waals surface area contributed by atoms with Crippen LogP contribution in [0.25, 0.3) is 0 Å². The van der Waals surface area contributed by atoms with Gasteiger partial charge in [0.1, 0.15) is 5.82 Å². The van der Waals surface area contributed by atoms with Crippen LogP contribution >= 0.6 is 0 Å². The van der Waals surface area contributed by atoms with E-state index in [-0.39, 0.29) is 11.9 Å². The van der Waals surface area contributed by atoms with Crippen LogP contribution in [0.3, 0.4) is 0 Å². The van der Waals surface area contributed by atoms with E-state index in [1.807, 2.05) is 19.9 Å². The van der Waals surface area contributed by atoms with Gasteiger partial charge in [0.05, 0.1) is 0 Å². The first-order chi connectivity index (χ1) is 8.04. The molecule has 2 N–H and O–H groups in total. The van der Waals surface area contributed by atoms with Crippen molar-refractivity contribution in [1.82, 2.24) is 0 Å². The molecule has 1 saturated carbocycles. The van der Waals surface area contributed by atoms with Gasteiger partial charge >= 0.3 is 0 Å². The zero-order valence-electron chi connectivity index (χ0n) is 10.8. The maximum absolute atomic E-state index is 13.6. The summed E-state index contributed by atoms with van der Waals surface area (Å²) in [6.07, 6.45) is 2.48. The Kier molecular flexibility index (Phi) is 3.38. The summed E-state index contributed by atoms with van der Waals surface area (Å²) in [5.41, 5.74) is 8.68. The van der Waals surface area contributed by atoms with Gasteiger partial charge < -0.3 is 10.6 Å². The zero-order valence-corrected chi connectivity index (χ0v) is 10.8. The van der Waals surface area contributed by atoms with E-state index in [0.29, 0.717) is 11.6 Å². The number of rotatable bonds is 4. The van der Waals surface area contributed by atoms with Gasteiger partial charge in [-0.1, -0.05) is 0 Å². The van der Waals surface area contributed by atoms with E-state index < -0.39 is 0 Å². The minimum atomic E-state index is -0.159. The van der Waals surface area contributed by atoms with Crippen LogP contribution < -0.4 is 10.6 Å². The number of nitrogens with zero attached hydrogens (tertiary/aromatic N) is 1. The molecule has 0 saturated heterocycles. The fourth-order valence-electron chi connectivity index (χ4n) is 2.31. The molecule has 0 aliphatic heterocycles. The van der Waals surface area contributed by atoms with E-state index >= 15 is 0 Å². The normalized spacial score (nSPS) is 17.0. The third kappa shape index (κ3) is 2.44. The van der Waals surface area contributed by atoms with Crippen LogP contribution in [0.4, 0.5) is 10.1 Å². The van der Waals surface area contributed by atoms with E-state index in [4.69, 9.17) is 5.73 Å². The summed E-state index contributed by atoms with van der Waals surface area (Å²) in [5.74, 6) is -0.159. The van der Waals surface area contributed by atoms with Gasteiger partial charge in [0, 0.05) is 24.3 Å². The molecule has 1 aliphatic rings. The molecule has 0 amide bonds. The standard InChI is InChI=1S/C14H21FN2/c1-4-17(11-5-6-11)14-7-9(2)13(15)8-12(14)10(3)16/h7-8,10-11H,4-6,16H2,1-3H3/t10-/m1/s1. The van der Waals surface area contributed by atoms with E-state index in [2.05, 4.69) is 11.8 Å². The molecule has 0 bridgehead atoms. The zero-order chi connectivity index (χ0) is 12.6. The molecule has 1 fully saturated rings. The Morgan fingerprint density at radius 2 is 2.12 bits per heavy atom. The van der Waals surface area contributed by atoms with E-state index in [1.54, 1.807) is 6.07 Å². The largest absolute Gasteiger partial charge is 0.369 e. The molecule has 2 nitrogen and oxygen atoms in total. The molecule has 0 heterocycles. The SMILES string of the molecule is CCN(c1cc(C)c(F)cc1[C@@H](C)N)C1CC1. The smallest absolute Gasteiger partial charge is 0.126 e. The van der Waals surface area contributed by atoms with E-state index in [1.165, 1.54) is 12.8 Å². The summed E-state index contributed by atoms with van der Waals surface area (Å²) in [6, 6.07) is 4.03. The van der Waals surface area contributed by atoms with Crippen LogP contribution in [0.1, 0.15) is 43.9 Å². The Balaban J connectivity index is 2.45. The van der Waals surface area contributed by atoms with Crippen LogP contribution in [-0.2, 0) is 0 Å². The van der Waals surface area contributed by atoms with Crippen LogP contribution in [0.5, 0.6) is 0 Å². The van der Waals surface area contributed by atoms with Gasteiger partial charge in [0.15, 0.2) is 0 Å². The Hall–Kier alpha value is -1.09. The summed E-state index contributed by atoms with van der Waals surface area (Å²) < 4.78 is 13.6. The molecular formula is C14H21FN2. The quantitative estimate of drug-likeness (QED) is 0.870. The van der Waals surface area contributed by atoms with Crippen molar-refractivity contribution in [2.45, 2.75) is 45.7 Å². The molecule has 1 aliphatic carbocycles. The van der Waals surface area contributed by atoms with Gasteiger partial charge in [-0.3, -0.25) is 0 Å². The topological polar surface area (TPSA) is 29.3 Å². The maximum atomic E-state index is 13.6. The Morgan fingerprint density at radius 1 is 1.47 bits per heavy atom. The molecule has 1 aromatic carbocycles. The lowest BCUT2D eigenvalue weighted by molar-refractivity contribution is 0.612. The molecular weight excluding hydrogens is 215 g/mol. The van der Waals surface area contributed by atoms with Crippen LogP contribution in [0.15, 0.2) is 12.1 Å². The van der Waals surface area contributed by atoms with E-state index in [0.717, 1.165) is 17.8 Å². The second-order valence-corrected chi connectivity index (χ2v) is 4.97. The summed E-state index contributed by atoms with van der Waals surface area (Å²) in [7, 11) is 0. The number of halogens is 1. The van der Waals surface area contributed by atoms with Crippen molar-refractivity contribution in [2.24, 2.45) is 5.73 Å². The third-order valence-electron chi connectivity index (χ3n) is 3.44. The number of hydrogen-bond donors (Lipinski definition) is 1. The molecule has 94 valence electrons. The lowest BCUT2D eigenvalue weighted by atomic mass is 10.0. The average molecular weight is 236 g/mol. The Bertz CT molecular complexity index is 411. The molecule has 1 atom stereocenters. The highest BCUT2D eigenvalue weighted by atomic mass is 19.1. The predicted octanol–water partition coefficient (Wildman–Crippen LogP) is 3.14. The van der Waals surface area contributed by atoms with Crippen LogP contribution in [0, 0.1) is 12.7 Å². The Morgan fingerprint density at radius 3 is 2.59 bits per heavy atom. The lowest BCUT2D eigenvalue weighted by Crippen LogP contribution is -2.27. The van der Waals surface area contributed by atoms with Crippen molar-refractivity contribution in [1.29, 1.82) is 0 Å². The summed E-state index contributed by atoms with van der Waals surface area (Å²) in [5, 5.41) is 0. The van der Waals surface area contributed by atoms with Crippen molar-refractivity contribution in [3.05, 3.63) is 29.1 Å². The number of nitrogens with two attached hydrogens (primary N) is 1. The second kappa shape index (κ2) is 4.65. The van der Waals surface area contributed by atoms with Gasteiger partial charge in [-0.15, -0.1) is 0 Å². The van der Waals surface area contributed by atoms with Gasteiger partial charge in [-0.05, 0) is 56.9 Å². The summed E-state index contributed by atoms with van der Waals surface area (Å²) in [6.45, 7) is 6.82. The van der Waals surface area contributed by atoms with Crippen LogP contribution in [0.2, 0.25) is 0 Å². The summed E-state index contributed by atoms with van der Waals surface area (Å²) >= 11 is 0. The van der Waals surface area contributed by atoms with Crippen molar-refractivity contribution in [3.8, 4) is 0 Å². The first-order valence-corrected chi connectivity index (χ1v) is 6.36. The first-order valence-electron chi connectivity index (χ1n) is 6.36. The van der Waals surface area contributed by atoms with Crippen molar-refractivity contribution < 1.29 is 4.39 Å². The van der Waals surface area contributed by atoms with Gasteiger partial charge in [0.25, 0.3) is 0 Å². The molecule has 3 heteroatoms. The number of benzene rings is 1. The van der Waals surface area contributed by atoms with Crippen LogP contribution in [-0.4, -0.2) is 12.6 Å². The molecule has 2 rings (SSSR count). The highest BCUT2D eigenvalue weighted by Gasteiger charge is 2.30. The highest BCUT2D eigenvalue weighted by Crippen LogP contribution is 2.36. The van der Waals surface area contributed by atoms with Crippen molar-refractivity contribution in [2.75, 3.05) is 11.4 Å². The highest BCUT2D eigenvalue weighted by molar-refractivity contribution is 5.58. The number of hydrogen-bond acceptors (Lipinski definition) is 2. The molecule has 17 heavy (non-hydrogen) atoms. The maximum Gasteiger partial charge on any atom is 0.126 e. The molecule has 0 unspecified atom stereocenters. The monoisotopic (exact) mass is 236 g/mol.